The second-order valence-corrected chi connectivity index (χ2v) is 6.50. The van der Waals surface area contributed by atoms with Crippen molar-refractivity contribution in [2.45, 2.75) is 18.2 Å². The molecule has 0 saturated heterocycles. The number of thioether (sulfide) groups is 1. The van der Waals surface area contributed by atoms with Crippen LogP contribution in [0, 0.1) is 0 Å². The Hall–Kier alpha value is -1.05. The fourth-order valence-electron chi connectivity index (χ4n) is 1.70. The number of amides is 2. The molecular formula is C14H19BrN2O3S. The summed E-state index contributed by atoms with van der Waals surface area (Å²) < 4.78 is 0.887. The average molecular weight is 375 g/mol. The zero-order valence-electron chi connectivity index (χ0n) is 11.9. The maximum atomic E-state index is 11.8. The van der Waals surface area contributed by atoms with Gasteiger partial charge in [-0.15, -0.1) is 0 Å². The van der Waals surface area contributed by atoms with Gasteiger partial charge in [-0.1, -0.05) is 15.9 Å². The third-order valence-corrected chi connectivity index (χ3v) is 4.64. The normalized spacial score (nSPS) is 13.3. The van der Waals surface area contributed by atoms with Gasteiger partial charge in [-0.25, -0.2) is 0 Å². The fourth-order valence-corrected chi connectivity index (χ4v) is 2.59. The van der Waals surface area contributed by atoms with E-state index >= 15 is 0 Å². The molecule has 0 fully saturated rings. The van der Waals surface area contributed by atoms with E-state index in [1.807, 2.05) is 13.2 Å². The highest BCUT2D eigenvalue weighted by atomic mass is 79.9. The van der Waals surface area contributed by atoms with Crippen molar-refractivity contribution < 1.29 is 14.7 Å². The topological polar surface area (TPSA) is 78.4 Å². The Kier molecular flexibility index (Phi) is 7.77. The molecule has 0 aliphatic rings. The Morgan fingerprint density at radius 2 is 1.95 bits per heavy atom. The van der Waals surface area contributed by atoms with Crippen LogP contribution in [0.4, 0.5) is 0 Å². The SMILES string of the molecule is CSC(CO)C(C)NC(=O)CNC(=O)c1ccc(Br)cc1. The minimum absolute atomic E-state index is 0.00609. The van der Waals surface area contributed by atoms with E-state index in [0.717, 1.165) is 4.47 Å². The van der Waals surface area contributed by atoms with Gasteiger partial charge in [0.05, 0.1) is 13.2 Å². The van der Waals surface area contributed by atoms with E-state index in [0.29, 0.717) is 5.56 Å². The smallest absolute Gasteiger partial charge is 0.251 e. The molecule has 0 aliphatic carbocycles. The third-order valence-electron chi connectivity index (χ3n) is 2.94. The van der Waals surface area contributed by atoms with Crippen LogP contribution < -0.4 is 10.6 Å². The molecule has 0 heterocycles. The number of carbonyl (C=O) groups excluding carboxylic acids is 2. The van der Waals surface area contributed by atoms with Crippen molar-refractivity contribution in [1.82, 2.24) is 10.6 Å². The van der Waals surface area contributed by atoms with Crippen molar-refractivity contribution in [3.8, 4) is 0 Å². The van der Waals surface area contributed by atoms with E-state index < -0.39 is 0 Å². The highest BCUT2D eigenvalue weighted by Crippen LogP contribution is 2.11. The van der Waals surface area contributed by atoms with Crippen molar-refractivity contribution in [2.75, 3.05) is 19.4 Å². The Bertz CT molecular complexity index is 478. The van der Waals surface area contributed by atoms with Crippen LogP contribution in [0.25, 0.3) is 0 Å². The number of nitrogens with one attached hydrogen (secondary N) is 2. The molecule has 5 nitrogen and oxygen atoms in total. The van der Waals surface area contributed by atoms with Crippen molar-refractivity contribution in [2.24, 2.45) is 0 Å². The Labute approximate surface area is 137 Å². The average Bonchev–Trinajstić information content (AvgIpc) is 2.46. The predicted molar refractivity (Wildman–Crippen MR) is 88.5 cm³/mol. The number of hydrogen-bond donors (Lipinski definition) is 3. The number of aliphatic hydroxyl groups is 1. The molecule has 1 aromatic rings. The lowest BCUT2D eigenvalue weighted by Gasteiger charge is -2.21. The van der Waals surface area contributed by atoms with E-state index in [-0.39, 0.29) is 36.3 Å². The quantitative estimate of drug-likeness (QED) is 0.674. The lowest BCUT2D eigenvalue weighted by molar-refractivity contribution is -0.120. The van der Waals surface area contributed by atoms with Crippen LogP contribution in [0.2, 0.25) is 0 Å². The molecule has 7 heteroatoms. The van der Waals surface area contributed by atoms with E-state index in [4.69, 9.17) is 5.11 Å². The predicted octanol–water partition coefficient (Wildman–Crippen LogP) is 1.41. The van der Waals surface area contributed by atoms with Crippen molar-refractivity contribution in [1.29, 1.82) is 0 Å². The summed E-state index contributed by atoms with van der Waals surface area (Å²) in [5.74, 6) is -0.575. The van der Waals surface area contributed by atoms with Crippen molar-refractivity contribution in [3.63, 3.8) is 0 Å². The summed E-state index contributed by atoms with van der Waals surface area (Å²) in [6, 6.07) is 6.72. The van der Waals surface area contributed by atoms with Crippen LogP contribution in [0.3, 0.4) is 0 Å². The van der Waals surface area contributed by atoms with Crippen molar-refractivity contribution in [3.05, 3.63) is 34.3 Å². The van der Waals surface area contributed by atoms with E-state index in [1.54, 1.807) is 24.3 Å². The minimum atomic E-state index is -0.297. The van der Waals surface area contributed by atoms with Gasteiger partial charge in [-0.05, 0) is 37.4 Å². The summed E-state index contributed by atoms with van der Waals surface area (Å²) in [4.78, 5) is 23.6. The molecule has 3 N–H and O–H groups in total. The summed E-state index contributed by atoms with van der Waals surface area (Å²) in [5.41, 5.74) is 0.497. The fraction of sp³-hybridized carbons (Fsp3) is 0.429. The molecule has 0 aliphatic heterocycles. The van der Waals surface area contributed by atoms with Gasteiger partial charge in [-0.2, -0.15) is 11.8 Å². The highest BCUT2D eigenvalue weighted by molar-refractivity contribution is 9.10. The maximum absolute atomic E-state index is 11.8. The number of aliphatic hydroxyl groups excluding tert-OH is 1. The molecule has 0 aromatic heterocycles. The van der Waals surface area contributed by atoms with Gasteiger partial charge in [0.2, 0.25) is 5.91 Å². The van der Waals surface area contributed by atoms with Crippen LogP contribution >= 0.6 is 27.7 Å². The number of benzene rings is 1. The molecule has 0 spiro atoms. The van der Waals surface area contributed by atoms with Gasteiger partial charge in [0, 0.05) is 21.3 Å². The van der Waals surface area contributed by atoms with Crippen LogP contribution in [0.15, 0.2) is 28.7 Å². The number of carbonyl (C=O) groups is 2. The lowest BCUT2D eigenvalue weighted by atomic mass is 10.2. The summed E-state index contributed by atoms with van der Waals surface area (Å²) in [5, 5.41) is 14.4. The molecule has 1 aromatic carbocycles. The Morgan fingerprint density at radius 1 is 1.33 bits per heavy atom. The molecule has 2 unspecified atom stereocenters. The van der Waals surface area contributed by atoms with Crippen LogP contribution in [0.5, 0.6) is 0 Å². The summed E-state index contributed by atoms with van der Waals surface area (Å²) in [7, 11) is 0. The maximum Gasteiger partial charge on any atom is 0.251 e. The Morgan fingerprint density at radius 3 is 2.48 bits per heavy atom. The molecule has 0 saturated carbocycles. The zero-order valence-corrected chi connectivity index (χ0v) is 14.3. The zero-order chi connectivity index (χ0) is 15.8. The molecule has 2 atom stereocenters. The van der Waals surface area contributed by atoms with Gasteiger partial charge >= 0.3 is 0 Å². The molecular weight excluding hydrogens is 356 g/mol. The standard InChI is InChI=1S/C14H19BrN2O3S/c1-9(12(8-18)21-2)17-13(19)7-16-14(20)10-3-5-11(15)6-4-10/h3-6,9,12,18H,7-8H2,1-2H3,(H,16,20)(H,17,19). The third kappa shape index (κ3) is 6.07. The molecule has 21 heavy (non-hydrogen) atoms. The monoisotopic (exact) mass is 374 g/mol. The van der Waals surface area contributed by atoms with Gasteiger partial charge in [0.25, 0.3) is 5.91 Å². The molecule has 0 bridgehead atoms. The van der Waals surface area contributed by atoms with Crippen LogP contribution in [-0.4, -0.2) is 47.6 Å². The van der Waals surface area contributed by atoms with Crippen LogP contribution in [-0.2, 0) is 4.79 Å². The van der Waals surface area contributed by atoms with E-state index in [1.165, 1.54) is 11.8 Å². The summed E-state index contributed by atoms with van der Waals surface area (Å²) >= 11 is 4.78. The molecule has 116 valence electrons. The molecule has 2 amide bonds. The first-order valence-corrected chi connectivity index (χ1v) is 8.52. The first-order valence-electron chi connectivity index (χ1n) is 6.44. The second-order valence-electron chi connectivity index (χ2n) is 4.50. The lowest BCUT2D eigenvalue weighted by Crippen LogP contribution is -2.45. The Balaban J connectivity index is 2.42. The molecule has 0 radical (unpaired) electrons. The van der Waals surface area contributed by atoms with Gasteiger partial charge in [0.15, 0.2) is 0 Å². The first-order chi connectivity index (χ1) is 9.97. The van der Waals surface area contributed by atoms with Crippen molar-refractivity contribution >= 4 is 39.5 Å². The van der Waals surface area contributed by atoms with E-state index in [9.17, 15) is 9.59 Å². The number of halogens is 1. The summed E-state index contributed by atoms with van der Waals surface area (Å²) in [6.07, 6.45) is 1.87. The van der Waals surface area contributed by atoms with E-state index in [2.05, 4.69) is 26.6 Å². The number of rotatable bonds is 7. The highest BCUT2D eigenvalue weighted by Gasteiger charge is 2.17. The molecule has 1 rings (SSSR count). The number of hydrogen-bond acceptors (Lipinski definition) is 4. The van der Waals surface area contributed by atoms with Crippen LogP contribution in [0.1, 0.15) is 17.3 Å². The second kappa shape index (κ2) is 9.07. The largest absolute Gasteiger partial charge is 0.395 e. The summed E-state index contributed by atoms with van der Waals surface area (Å²) in [6.45, 7) is 1.73. The van der Waals surface area contributed by atoms with Gasteiger partial charge in [-0.3, -0.25) is 9.59 Å². The van der Waals surface area contributed by atoms with Gasteiger partial charge < -0.3 is 15.7 Å². The van der Waals surface area contributed by atoms with Gasteiger partial charge in [0.1, 0.15) is 0 Å². The minimum Gasteiger partial charge on any atom is -0.395 e. The first kappa shape index (κ1) is 18.0.